The van der Waals surface area contributed by atoms with Crippen LogP contribution < -0.4 is 0 Å². The van der Waals surface area contributed by atoms with Crippen LogP contribution in [0, 0.1) is 13.8 Å². The van der Waals surface area contributed by atoms with Gasteiger partial charge in [-0.25, -0.2) is 19.9 Å². The van der Waals surface area contributed by atoms with Gasteiger partial charge >= 0.3 is 0 Å². The maximum Gasteiger partial charge on any atom is 0.156 e. The first-order valence-corrected chi connectivity index (χ1v) is 9.53. The number of aryl methyl sites for hydroxylation is 2. The van der Waals surface area contributed by atoms with Crippen LogP contribution in [-0.2, 0) is 6.54 Å². The highest BCUT2D eigenvalue weighted by atomic mass is 32.1. The van der Waals surface area contributed by atoms with Crippen molar-refractivity contribution in [1.29, 1.82) is 0 Å². The first kappa shape index (κ1) is 16.4. The van der Waals surface area contributed by atoms with Crippen molar-refractivity contribution in [2.24, 2.45) is 0 Å². The number of hydrogen-bond donors (Lipinski definition) is 1. The number of nitrogens with one attached hydrogen (secondary N) is 1. The van der Waals surface area contributed by atoms with Crippen LogP contribution in [0.25, 0.3) is 11.5 Å². The van der Waals surface area contributed by atoms with Crippen molar-refractivity contribution >= 4 is 11.3 Å². The van der Waals surface area contributed by atoms with Gasteiger partial charge in [0.25, 0.3) is 0 Å². The van der Waals surface area contributed by atoms with E-state index >= 15 is 0 Å². The Balaban J connectivity index is 1.54. The Hall–Kier alpha value is -2.12. The van der Waals surface area contributed by atoms with Crippen molar-refractivity contribution in [1.82, 2.24) is 29.8 Å². The highest BCUT2D eigenvalue weighted by molar-refractivity contribution is 7.09. The highest BCUT2D eigenvalue weighted by Crippen LogP contribution is 2.29. The number of hydrogen-bond acceptors (Lipinski definition) is 6. The van der Waals surface area contributed by atoms with Gasteiger partial charge in [-0.1, -0.05) is 0 Å². The lowest BCUT2D eigenvalue weighted by Crippen LogP contribution is -2.34. The zero-order chi connectivity index (χ0) is 17.2. The van der Waals surface area contributed by atoms with Gasteiger partial charge in [-0.15, -0.1) is 11.3 Å². The van der Waals surface area contributed by atoms with Gasteiger partial charge in [0.1, 0.15) is 11.5 Å². The maximum atomic E-state index is 4.73. The van der Waals surface area contributed by atoms with E-state index in [9.17, 15) is 0 Å². The average Bonchev–Trinajstić information content (AvgIpc) is 3.27. The van der Waals surface area contributed by atoms with Crippen molar-refractivity contribution in [3.8, 4) is 11.5 Å². The molecule has 1 unspecified atom stereocenters. The van der Waals surface area contributed by atoms with Gasteiger partial charge in [0, 0.05) is 42.0 Å². The predicted molar refractivity (Wildman–Crippen MR) is 98.5 cm³/mol. The second-order valence-electron chi connectivity index (χ2n) is 6.60. The summed E-state index contributed by atoms with van der Waals surface area (Å²) in [6.45, 7) is 7.21. The number of likely N-dealkylation sites (tertiary alicyclic amines) is 1. The molecule has 130 valence electrons. The Morgan fingerprint density at radius 1 is 1.28 bits per heavy atom. The van der Waals surface area contributed by atoms with E-state index in [1.165, 1.54) is 17.7 Å². The summed E-state index contributed by atoms with van der Waals surface area (Å²) in [5.41, 5.74) is 5.10. The van der Waals surface area contributed by atoms with Crippen LogP contribution in [0.15, 0.2) is 24.0 Å². The average molecular weight is 354 g/mol. The standard InChI is InChI=1S/C18H22N6S/c1-12-17(25-11-21-12)10-24-7-3-4-14(9-24)15-8-16(23-13(2)22-15)18-19-5-6-20-18/h5-6,8,11,14H,3-4,7,9-10H2,1-2H3,(H,19,20). The fourth-order valence-corrected chi connectivity index (χ4v) is 4.27. The SMILES string of the molecule is Cc1nc(-c2ncc[nH]2)cc(C2CCCN(Cc3scnc3C)C2)n1. The molecule has 0 aliphatic carbocycles. The number of H-pyrrole nitrogens is 1. The molecule has 25 heavy (non-hydrogen) atoms. The maximum absolute atomic E-state index is 4.73. The van der Waals surface area contributed by atoms with Crippen LogP contribution in [-0.4, -0.2) is 42.9 Å². The molecule has 4 rings (SSSR count). The number of thiazole rings is 1. The van der Waals surface area contributed by atoms with Gasteiger partial charge < -0.3 is 4.98 Å². The lowest BCUT2D eigenvalue weighted by Gasteiger charge is -2.32. The molecule has 1 saturated heterocycles. The Morgan fingerprint density at radius 2 is 2.20 bits per heavy atom. The van der Waals surface area contributed by atoms with E-state index in [1.807, 2.05) is 18.6 Å². The summed E-state index contributed by atoms with van der Waals surface area (Å²) in [5.74, 6) is 2.05. The predicted octanol–water partition coefficient (Wildman–Crippen LogP) is 3.32. The molecule has 0 bridgehead atoms. The number of aromatic amines is 1. The Morgan fingerprint density at radius 3 is 2.96 bits per heavy atom. The number of rotatable bonds is 4. The van der Waals surface area contributed by atoms with Gasteiger partial charge in [-0.2, -0.15) is 0 Å². The molecule has 0 radical (unpaired) electrons. The number of imidazole rings is 1. The molecule has 1 N–H and O–H groups in total. The molecular weight excluding hydrogens is 332 g/mol. The van der Waals surface area contributed by atoms with E-state index in [0.29, 0.717) is 5.92 Å². The molecule has 1 fully saturated rings. The summed E-state index contributed by atoms with van der Waals surface area (Å²) in [6.07, 6.45) is 5.95. The molecule has 3 aromatic heterocycles. The van der Waals surface area contributed by atoms with Crippen molar-refractivity contribution in [2.45, 2.75) is 39.2 Å². The third-order valence-corrected chi connectivity index (χ3v) is 5.65. The van der Waals surface area contributed by atoms with Crippen LogP contribution in [0.2, 0.25) is 0 Å². The molecule has 0 spiro atoms. The first-order valence-electron chi connectivity index (χ1n) is 8.65. The van der Waals surface area contributed by atoms with Crippen LogP contribution in [0.4, 0.5) is 0 Å². The number of nitrogens with zero attached hydrogens (tertiary/aromatic N) is 5. The van der Waals surface area contributed by atoms with Crippen LogP contribution in [0.1, 0.15) is 40.8 Å². The smallest absolute Gasteiger partial charge is 0.156 e. The minimum atomic E-state index is 0.442. The molecule has 1 aliphatic heterocycles. The normalized spacial score (nSPS) is 18.6. The zero-order valence-electron chi connectivity index (χ0n) is 14.6. The monoisotopic (exact) mass is 354 g/mol. The topological polar surface area (TPSA) is 70.6 Å². The third-order valence-electron chi connectivity index (χ3n) is 4.73. The highest BCUT2D eigenvalue weighted by Gasteiger charge is 2.24. The molecule has 3 aromatic rings. The minimum Gasteiger partial charge on any atom is -0.343 e. The van der Waals surface area contributed by atoms with E-state index < -0.39 is 0 Å². The van der Waals surface area contributed by atoms with Crippen LogP contribution in [0.3, 0.4) is 0 Å². The van der Waals surface area contributed by atoms with Crippen LogP contribution >= 0.6 is 11.3 Å². The second-order valence-corrected chi connectivity index (χ2v) is 7.54. The van der Waals surface area contributed by atoms with E-state index in [2.05, 4.69) is 37.8 Å². The first-order chi connectivity index (χ1) is 12.2. The summed E-state index contributed by atoms with van der Waals surface area (Å²) < 4.78 is 0. The fraction of sp³-hybridized carbons (Fsp3) is 0.444. The number of aromatic nitrogens is 5. The number of piperidine rings is 1. The molecule has 0 aromatic carbocycles. The molecule has 1 atom stereocenters. The van der Waals surface area contributed by atoms with E-state index in [0.717, 1.165) is 48.4 Å². The van der Waals surface area contributed by atoms with Crippen molar-refractivity contribution in [3.05, 3.63) is 46.1 Å². The largest absolute Gasteiger partial charge is 0.343 e. The summed E-state index contributed by atoms with van der Waals surface area (Å²) >= 11 is 1.75. The lowest BCUT2D eigenvalue weighted by atomic mass is 9.94. The van der Waals surface area contributed by atoms with Gasteiger partial charge in [-0.05, 0) is 39.3 Å². The molecule has 1 aliphatic rings. The third kappa shape index (κ3) is 3.62. The summed E-state index contributed by atoms with van der Waals surface area (Å²) in [7, 11) is 0. The van der Waals surface area contributed by atoms with E-state index in [4.69, 9.17) is 4.98 Å². The Labute approximate surface area is 151 Å². The van der Waals surface area contributed by atoms with Gasteiger partial charge in [0.15, 0.2) is 5.82 Å². The molecule has 0 saturated carbocycles. The summed E-state index contributed by atoms with van der Waals surface area (Å²) in [6, 6.07) is 2.10. The van der Waals surface area contributed by atoms with E-state index in [1.54, 1.807) is 17.5 Å². The molecule has 7 heteroatoms. The fourth-order valence-electron chi connectivity index (χ4n) is 3.45. The van der Waals surface area contributed by atoms with Crippen molar-refractivity contribution in [2.75, 3.05) is 13.1 Å². The van der Waals surface area contributed by atoms with E-state index in [-0.39, 0.29) is 0 Å². The minimum absolute atomic E-state index is 0.442. The second kappa shape index (κ2) is 7.01. The quantitative estimate of drug-likeness (QED) is 0.778. The molecular formula is C18H22N6S. The summed E-state index contributed by atoms with van der Waals surface area (Å²) in [5, 5.41) is 0. The molecule has 6 nitrogen and oxygen atoms in total. The van der Waals surface area contributed by atoms with Gasteiger partial charge in [-0.3, -0.25) is 4.90 Å². The Bertz CT molecular complexity index is 841. The van der Waals surface area contributed by atoms with Gasteiger partial charge in [0.05, 0.1) is 11.2 Å². The zero-order valence-corrected chi connectivity index (χ0v) is 15.4. The molecule has 0 amide bonds. The van der Waals surface area contributed by atoms with Crippen LogP contribution in [0.5, 0.6) is 0 Å². The summed E-state index contributed by atoms with van der Waals surface area (Å²) in [4.78, 5) is 25.0. The molecule has 4 heterocycles. The van der Waals surface area contributed by atoms with Crippen molar-refractivity contribution < 1.29 is 0 Å². The van der Waals surface area contributed by atoms with Gasteiger partial charge in [0.2, 0.25) is 0 Å². The lowest BCUT2D eigenvalue weighted by molar-refractivity contribution is 0.199. The Kier molecular flexibility index (Phi) is 4.59. The van der Waals surface area contributed by atoms with Crippen molar-refractivity contribution in [3.63, 3.8) is 0 Å².